The topological polar surface area (TPSA) is 101 Å². The summed E-state index contributed by atoms with van der Waals surface area (Å²) in [4.78, 5) is 40.9. The summed E-state index contributed by atoms with van der Waals surface area (Å²) in [5.41, 5.74) is 1.63. The van der Waals surface area contributed by atoms with Gasteiger partial charge in [-0.2, -0.15) is 4.90 Å². The number of esters is 1. The standard InChI is InChI=1S/C33H51NO8/c1-12-15-26(13-2)40-28-23(5)39-29(35)27(20-38-19-25(28)18-24-17-14-16-21(3)22(24)4)34(30(36)41-32(6,7)8)31(37)42-33(9,10)11/h13-14,16-17,23,25-28H,2,12,15,18-20H2,1,3-11H3. The van der Waals surface area contributed by atoms with E-state index in [1.807, 2.05) is 6.07 Å². The molecule has 0 spiro atoms. The summed E-state index contributed by atoms with van der Waals surface area (Å²) in [6.45, 7) is 21.8. The van der Waals surface area contributed by atoms with Gasteiger partial charge >= 0.3 is 18.2 Å². The Hall–Kier alpha value is -2.91. The van der Waals surface area contributed by atoms with E-state index in [0.717, 1.165) is 18.4 Å². The van der Waals surface area contributed by atoms with E-state index in [0.29, 0.717) is 11.3 Å². The van der Waals surface area contributed by atoms with Crippen molar-refractivity contribution < 1.29 is 38.1 Å². The van der Waals surface area contributed by atoms with Gasteiger partial charge in [0.05, 0.1) is 19.3 Å². The Kier molecular flexibility index (Phi) is 12.6. The molecule has 5 unspecified atom stereocenters. The highest BCUT2D eigenvalue weighted by molar-refractivity contribution is 5.94. The number of hydrogen-bond donors (Lipinski definition) is 0. The maximum atomic E-state index is 13.7. The molecular formula is C33H51NO8. The van der Waals surface area contributed by atoms with Crippen molar-refractivity contribution in [3.63, 3.8) is 0 Å². The minimum atomic E-state index is -1.43. The zero-order valence-corrected chi connectivity index (χ0v) is 27.2. The summed E-state index contributed by atoms with van der Waals surface area (Å²) >= 11 is 0. The molecule has 42 heavy (non-hydrogen) atoms. The Morgan fingerprint density at radius 2 is 1.67 bits per heavy atom. The fourth-order valence-electron chi connectivity index (χ4n) is 4.78. The third-order valence-corrected chi connectivity index (χ3v) is 6.97. The summed E-state index contributed by atoms with van der Waals surface area (Å²) in [6.07, 6.45) is 0.447. The van der Waals surface area contributed by atoms with Gasteiger partial charge in [-0.3, -0.25) is 0 Å². The molecule has 1 aromatic rings. The molecule has 0 bridgehead atoms. The average Bonchev–Trinajstić information content (AvgIpc) is 2.89. The highest BCUT2D eigenvalue weighted by atomic mass is 16.6. The Bertz CT molecular complexity index is 1060. The van der Waals surface area contributed by atoms with Crippen LogP contribution in [0.25, 0.3) is 0 Å². The summed E-state index contributed by atoms with van der Waals surface area (Å²) in [7, 11) is 0. The summed E-state index contributed by atoms with van der Waals surface area (Å²) in [5, 5.41) is 0. The van der Waals surface area contributed by atoms with Crippen molar-refractivity contribution in [2.45, 2.75) is 124 Å². The van der Waals surface area contributed by atoms with Crippen LogP contribution in [0.5, 0.6) is 0 Å². The number of amides is 2. The van der Waals surface area contributed by atoms with E-state index in [1.54, 1.807) is 54.5 Å². The number of nitrogens with zero attached hydrogens (tertiary/aromatic N) is 1. The molecule has 0 saturated carbocycles. The second-order valence-electron chi connectivity index (χ2n) is 13.0. The first-order valence-electron chi connectivity index (χ1n) is 14.8. The van der Waals surface area contributed by atoms with E-state index in [2.05, 4.69) is 39.5 Å². The predicted molar refractivity (Wildman–Crippen MR) is 161 cm³/mol. The molecule has 1 heterocycles. The summed E-state index contributed by atoms with van der Waals surface area (Å²) < 4.78 is 29.6. The maximum absolute atomic E-state index is 13.7. The summed E-state index contributed by atoms with van der Waals surface area (Å²) in [6, 6.07) is 4.74. The second-order valence-corrected chi connectivity index (χ2v) is 13.0. The third kappa shape index (κ3) is 10.4. The number of aryl methyl sites for hydroxylation is 1. The zero-order chi connectivity index (χ0) is 31.8. The molecule has 1 aromatic carbocycles. The van der Waals surface area contributed by atoms with Crippen molar-refractivity contribution in [2.24, 2.45) is 5.92 Å². The van der Waals surface area contributed by atoms with Crippen molar-refractivity contribution in [3.8, 4) is 0 Å². The molecule has 2 rings (SSSR count). The van der Waals surface area contributed by atoms with Gasteiger partial charge in [0, 0.05) is 5.92 Å². The lowest BCUT2D eigenvalue weighted by atomic mass is 9.88. The molecule has 1 aliphatic rings. The molecule has 5 atom stereocenters. The molecule has 0 N–H and O–H groups in total. The fourth-order valence-corrected chi connectivity index (χ4v) is 4.78. The van der Waals surface area contributed by atoms with Gasteiger partial charge in [0.15, 0.2) is 6.04 Å². The molecule has 0 aromatic heterocycles. The van der Waals surface area contributed by atoms with Crippen molar-refractivity contribution in [3.05, 3.63) is 47.5 Å². The van der Waals surface area contributed by atoms with Crippen molar-refractivity contribution in [1.82, 2.24) is 4.90 Å². The lowest BCUT2D eigenvalue weighted by Crippen LogP contribution is -2.54. The molecule has 0 aliphatic carbocycles. The van der Waals surface area contributed by atoms with Gasteiger partial charge in [-0.1, -0.05) is 37.6 Å². The fraction of sp³-hybridized carbons (Fsp3) is 0.667. The van der Waals surface area contributed by atoms with Crippen LogP contribution in [0.4, 0.5) is 9.59 Å². The number of cyclic esters (lactones) is 1. The van der Waals surface area contributed by atoms with E-state index in [9.17, 15) is 14.4 Å². The molecule has 236 valence electrons. The van der Waals surface area contributed by atoms with Gasteiger partial charge in [0.25, 0.3) is 0 Å². The first-order chi connectivity index (χ1) is 19.5. The molecule has 1 fully saturated rings. The van der Waals surface area contributed by atoms with Crippen molar-refractivity contribution in [1.29, 1.82) is 0 Å². The smallest absolute Gasteiger partial charge is 0.420 e. The number of hydrogen-bond acceptors (Lipinski definition) is 8. The van der Waals surface area contributed by atoms with Crippen LogP contribution in [0.3, 0.4) is 0 Å². The Morgan fingerprint density at radius 1 is 1.07 bits per heavy atom. The average molecular weight is 590 g/mol. The molecule has 2 amide bonds. The van der Waals surface area contributed by atoms with Gasteiger partial charge in [0.1, 0.15) is 23.4 Å². The first kappa shape index (κ1) is 35.3. The number of rotatable bonds is 8. The quantitative estimate of drug-likeness (QED) is 0.188. The number of imide groups is 1. The van der Waals surface area contributed by atoms with Gasteiger partial charge in [-0.15, -0.1) is 6.58 Å². The predicted octanol–water partition coefficient (Wildman–Crippen LogP) is 6.70. The summed E-state index contributed by atoms with van der Waals surface area (Å²) in [5.74, 6) is -1.02. The highest BCUT2D eigenvalue weighted by Gasteiger charge is 2.44. The minimum absolute atomic E-state index is 0.196. The van der Waals surface area contributed by atoms with Crippen molar-refractivity contribution >= 4 is 18.2 Å². The lowest BCUT2D eigenvalue weighted by molar-refractivity contribution is -0.166. The van der Waals surface area contributed by atoms with Crippen LogP contribution in [0, 0.1) is 19.8 Å². The SMILES string of the molecule is C=CC(CCC)OC1C(Cc2cccc(C)c2C)COCC(N(C(=O)OC(C)(C)C)C(=O)OC(C)(C)C)C(=O)OC1C. The Labute approximate surface area is 251 Å². The number of carbonyl (C=O) groups is 3. The van der Waals surface area contributed by atoms with Crippen LogP contribution >= 0.6 is 0 Å². The molecule has 0 radical (unpaired) electrons. The van der Waals surface area contributed by atoms with Gasteiger partial charge in [-0.05, 0) is 91.8 Å². The van der Waals surface area contributed by atoms with Crippen LogP contribution in [0.1, 0.15) is 84.9 Å². The monoisotopic (exact) mass is 589 g/mol. The van der Waals surface area contributed by atoms with Crippen molar-refractivity contribution in [2.75, 3.05) is 13.2 Å². The largest absolute Gasteiger partial charge is 0.458 e. The van der Waals surface area contributed by atoms with Gasteiger partial charge < -0.3 is 23.7 Å². The molecule has 1 aliphatic heterocycles. The van der Waals surface area contributed by atoms with Crippen LogP contribution in [0.15, 0.2) is 30.9 Å². The van der Waals surface area contributed by atoms with E-state index in [4.69, 9.17) is 23.7 Å². The van der Waals surface area contributed by atoms with Crippen LogP contribution in [-0.2, 0) is 34.9 Å². The Balaban J connectivity index is 2.50. The van der Waals surface area contributed by atoms with Crippen LogP contribution in [-0.4, -0.2) is 71.8 Å². The van der Waals surface area contributed by atoms with Crippen LogP contribution < -0.4 is 0 Å². The Morgan fingerprint density at radius 3 is 2.19 bits per heavy atom. The maximum Gasteiger partial charge on any atom is 0.420 e. The molecule has 9 nitrogen and oxygen atoms in total. The van der Waals surface area contributed by atoms with Gasteiger partial charge in [0.2, 0.25) is 0 Å². The molecular weight excluding hydrogens is 538 g/mol. The normalized spacial score (nSPS) is 22.6. The highest BCUT2D eigenvalue weighted by Crippen LogP contribution is 2.28. The second kappa shape index (κ2) is 15.0. The van der Waals surface area contributed by atoms with E-state index < -0.39 is 47.6 Å². The zero-order valence-electron chi connectivity index (χ0n) is 27.2. The number of carbonyl (C=O) groups excluding carboxylic acids is 3. The molecule has 9 heteroatoms. The van der Waals surface area contributed by atoms with Gasteiger partial charge in [-0.25, -0.2) is 14.4 Å². The minimum Gasteiger partial charge on any atom is -0.458 e. The van der Waals surface area contributed by atoms with E-state index in [1.165, 1.54) is 11.1 Å². The number of benzene rings is 1. The molecule has 1 saturated heterocycles. The third-order valence-electron chi connectivity index (χ3n) is 6.97. The van der Waals surface area contributed by atoms with Crippen LogP contribution in [0.2, 0.25) is 0 Å². The lowest BCUT2D eigenvalue weighted by Gasteiger charge is -2.34. The van der Waals surface area contributed by atoms with E-state index >= 15 is 0 Å². The number of ether oxygens (including phenoxy) is 5. The first-order valence-corrected chi connectivity index (χ1v) is 14.8. The van der Waals surface area contributed by atoms with E-state index in [-0.39, 0.29) is 25.2 Å².